The van der Waals surface area contributed by atoms with Gasteiger partial charge >= 0.3 is 0 Å². The molecule has 6 heteroatoms. The van der Waals surface area contributed by atoms with Crippen LogP contribution in [0, 0.1) is 24.5 Å². The first-order chi connectivity index (χ1) is 16.3. The molecule has 2 atom stereocenters. The molecule has 0 amide bonds. The largest absolute Gasteiger partial charge is 0.244 e. The number of benzene rings is 1. The van der Waals surface area contributed by atoms with E-state index < -0.39 is 11.6 Å². The molecule has 3 rings (SSSR count). The van der Waals surface area contributed by atoms with Crippen molar-refractivity contribution >= 4 is 11.0 Å². The van der Waals surface area contributed by atoms with E-state index in [-0.39, 0.29) is 5.92 Å². The normalized spacial score (nSPS) is 13.4. The lowest BCUT2D eigenvalue weighted by molar-refractivity contribution is 0.461. The van der Waals surface area contributed by atoms with Gasteiger partial charge < -0.3 is 0 Å². The molecular formula is C28H38F2N4. The minimum atomic E-state index is -0.789. The summed E-state index contributed by atoms with van der Waals surface area (Å²) >= 11 is 0. The molecule has 0 saturated carbocycles. The fraction of sp³-hybridized carbons (Fsp3) is 0.536. The van der Waals surface area contributed by atoms with Gasteiger partial charge in [0, 0.05) is 6.20 Å². The number of unbranched alkanes of at least 4 members (excludes halogenated alkanes) is 1. The van der Waals surface area contributed by atoms with Crippen molar-refractivity contribution in [1.29, 1.82) is 0 Å². The zero-order chi connectivity index (χ0) is 24.8. The molecule has 0 bridgehead atoms. The summed E-state index contributed by atoms with van der Waals surface area (Å²) in [5.41, 5.74) is 4.86. The van der Waals surface area contributed by atoms with E-state index in [4.69, 9.17) is 0 Å². The summed E-state index contributed by atoms with van der Waals surface area (Å²) in [6.45, 7) is 15.1. The molecule has 0 fully saturated rings. The van der Waals surface area contributed by atoms with Crippen molar-refractivity contribution in [3.8, 4) is 0 Å². The van der Waals surface area contributed by atoms with Crippen LogP contribution in [-0.2, 0) is 13.0 Å². The maximum Gasteiger partial charge on any atom is 0.162 e. The Labute approximate surface area is 202 Å². The molecule has 0 N–H and O–H groups in total. The summed E-state index contributed by atoms with van der Waals surface area (Å²) in [5, 5.41) is 5.50. The Kier molecular flexibility index (Phi) is 8.92. The van der Waals surface area contributed by atoms with Crippen molar-refractivity contribution < 1.29 is 8.78 Å². The van der Waals surface area contributed by atoms with Gasteiger partial charge in [-0.15, -0.1) is 0 Å². The molecule has 0 radical (unpaired) electrons. The third kappa shape index (κ3) is 5.53. The lowest BCUT2D eigenvalue weighted by Gasteiger charge is -2.26. The molecule has 0 aliphatic heterocycles. The number of hydrogen-bond donors (Lipinski definition) is 0. The molecule has 184 valence electrons. The number of aryl methyl sites for hydroxylation is 1. The van der Waals surface area contributed by atoms with Gasteiger partial charge in [0.05, 0.1) is 17.6 Å². The average molecular weight is 469 g/mol. The van der Waals surface area contributed by atoms with Gasteiger partial charge in [0.25, 0.3) is 0 Å². The van der Waals surface area contributed by atoms with Gasteiger partial charge in [-0.1, -0.05) is 59.1 Å². The number of nitrogens with zero attached hydrogens (tertiary/aromatic N) is 4. The second-order valence-corrected chi connectivity index (χ2v) is 9.49. The van der Waals surface area contributed by atoms with Gasteiger partial charge in [-0.05, 0) is 67.2 Å². The number of fused-ring (bicyclic) bond motifs is 1. The second-order valence-electron chi connectivity index (χ2n) is 9.49. The Balaban J connectivity index is 2.12. The van der Waals surface area contributed by atoms with Crippen LogP contribution in [0.25, 0.3) is 11.0 Å². The van der Waals surface area contributed by atoms with Gasteiger partial charge in [-0.2, -0.15) is 5.10 Å². The fourth-order valence-electron chi connectivity index (χ4n) is 4.79. The third-order valence-electron chi connectivity index (χ3n) is 7.01. The second kappa shape index (κ2) is 11.7. The van der Waals surface area contributed by atoms with E-state index in [0.717, 1.165) is 59.9 Å². The van der Waals surface area contributed by atoms with Crippen LogP contribution < -0.4 is 0 Å². The first-order valence-corrected chi connectivity index (χ1v) is 12.6. The Bertz CT molecular complexity index is 1140. The molecule has 1 aromatic carbocycles. The van der Waals surface area contributed by atoms with Gasteiger partial charge in [0.1, 0.15) is 6.33 Å². The van der Waals surface area contributed by atoms with E-state index in [2.05, 4.69) is 49.3 Å². The summed E-state index contributed by atoms with van der Waals surface area (Å²) in [6, 6.07) is 1.36. The SMILES string of the molecule is C=C(CC(CCCC)c1c(F)c(F)cc(Cn2nc(C)c3cncnc32)c1CCC)[C@H](C)CC. The van der Waals surface area contributed by atoms with E-state index in [1.165, 1.54) is 12.4 Å². The summed E-state index contributed by atoms with van der Waals surface area (Å²) in [5.74, 6) is -1.22. The van der Waals surface area contributed by atoms with Crippen LogP contribution >= 0.6 is 0 Å². The van der Waals surface area contributed by atoms with Crippen molar-refractivity contribution in [2.75, 3.05) is 0 Å². The van der Waals surface area contributed by atoms with Crippen LogP contribution in [-0.4, -0.2) is 19.7 Å². The number of rotatable bonds is 12. The molecular weight excluding hydrogens is 430 g/mol. The average Bonchev–Trinajstić information content (AvgIpc) is 3.15. The Morgan fingerprint density at radius 2 is 1.94 bits per heavy atom. The molecule has 34 heavy (non-hydrogen) atoms. The van der Waals surface area contributed by atoms with Gasteiger partial charge in [0.15, 0.2) is 17.3 Å². The molecule has 0 spiro atoms. The standard InChI is InChI=1S/C28H38F2N4/c1-7-10-12-21(13-19(5)18(4)9-3)26-23(11-8-2)22(14-25(29)27(26)30)16-34-28-24(20(6)33-34)15-31-17-32-28/h14-15,17-18,21H,5,7-13,16H2,1-4,6H3/t18-,21?/m1/s1. The van der Waals surface area contributed by atoms with Crippen molar-refractivity contribution in [1.82, 2.24) is 19.7 Å². The van der Waals surface area contributed by atoms with Crippen LogP contribution in [0.5, 0.6) is 0 Å². The van der Waals surface area contributed by atoms with Crippen molar-refractivity contribution in [2.24, 2.45) is 5.92 Å². The van der Waals surface area contributed by atoms with Crippen LogP contribution in [0.1, 0.15) is 94.5 Å². The Hall–Kier alpha value is -2.63. The summed E-state index contributed by atoms with van der Waals surface area (Å²) in [4.78, 5) is 8.49. The van der Waals surface area contributed by atoms with Crippen molar-refractivity contribution in [2.45, 2.75) is 92.0 Å². The van der Waals surface area contributed by atoms with E-state index in [1.807, 2.05) is 6.92 Å². The zero-order valence-electron chi connectivity index (χ0n) is 21.3. The molecule has 2 aromatic heterocycles. The van der Waals surface area contributed by atoms with Crippen molar-refractivity contribution in [3.05, 3.63) is 64.8 Å². The lowest BCUT2D eigenvalue weighted by Crippen LogP contribution is -2.15. The monoisotopic (exact) mass is 468 g/mol. The first-order valence-electron chi connectivity index (χ1n) is 12.6. The third-order valence-corrected chi connectivity index (χ3v) is 7.01. The minimum absolute atomic E-state index is 0.0872. The number of allylic oxidation sites excluding steroid dienone is 1. The van der Waals surface area contributed by atoms with Crippen LogP contribution in [0.2, 0.25) is 0 Å². The predicted molar refractivity (Wildman–Crippen MR) is 135 cm³/mol. The maximum absolute atomic E-state index is 15.5. The minimum Gasteiger partial charge on any atom is -0.244 e. The number of hydrogen-bond acceptors (Lipinski definition) is 3. The highest BCUT2D eigenvalue weighted by Gasteiger charge is 2.26. The smallest absolute Gasteiger partial charge is 0.162 e. The fourth-order valence-corrected chi connectivity index (χ4v) is 4.79. The van der Waals surface area contributed by atoms with E-state index >= 15 is 8.78 Å². The Morgan fingerprint density at radius 3 is 2.62 bits per heavy atom. The molecule has 1 unspecified atom stereocenters. The topological polar surface area (TPSA) is 43.6 Å². The highest BCUT2D eigenvalue weighted by Crippen LogP contribution is 2.38. The Morgan fingerprint density at radius 1 is 1.18 bits per heavy atom. The van der Waals surface area contributed by atoms with Gasteiger partial charge in [0.2, 0.25) is 0 Å². The summed E-state index contributed by atoms with van der Waals surface area (Å²) in [7, 11) is 0. The van der Waals surface area contributed by atoms with Gasteiger partial charge in [-0.25, -0.2) is 23.4 Å². The molecule has 0 aliphatic rings. The van der Waals surface area contributed by atoms with E-state index in [0.29, 0.717) is 36.5 Å². The lowest BCUT2D eigenvalue weighted by atomic mass is 9.80. The predicted octanol–water partition coefficient (Wildman–Crippen LogP) is 7.68. The highest BCUT2D eigenvalue weighted by atomic mass is 19.2. The van der Waals surface area contributed by atoms with Gasteiger partial charge in [-0.3, -0.25) is 0 Å². The maximum atomic E-state index is 15.5. The molecule has 2 heterocycles. The van der Waals surface area contributed by atoms with Crippen LogP contribution in [0.15, 0.2) is 30.7 Å². The molecule has 0 aliphatic carbocycles. The molecule has 3 aromatic rings. The quantitative estimate of drug-likeness (QED) is 0.256. The summed E-state index contributed by atoms with van der Waals surface area (Å²) < 4.78 is 32.4. The number of halogens is 2. The van der Waals surface area contributed by atoms with Crippen molar-refractivity contribution in [3.63, 3.8) is 0 Å². The zero-order valence-corrected chi connectivity index (χ0v) is 21.3. The summed E-state index contributed by atoms with van der Waals surface area (Å²) in [6.07, 6.45) is 9.24. The van der Waals surface area contributed by atoms with E-state index in [9.17, 15) is 0 Å². The highest BCUT2D eigenvalue weighted by molar-refractivity contribution is 5.76. The van der Waals surface area contributed by atoms with E-state index in [1.54, 1.807) is 10.9 Å². The molecule has 0 saturated heterocycles. The molecule has 4 nitrogen and oxygen atoms in total. The van der Waals surface area contributed by atoms with Crippen LogP contribution in [0.4, 0.5) is 8.78 Å². The first kappa shape index (κ1) is 26.0. The number of aromatic nitrogens is 4. The van der Waals surface area contributed by atoms with Crippen LogP contribution in [0.3, 0.4) is 0 Å².